The summed E-state index contributed by atoms with van der Waals surface area (Å²) in [7, 11) is 1.83. The smallest absolute Gasteiger partial charge is 0.191 e. The molecule has 0 saturated heterocycles. The van der Waals surface area contributed by atoms with Crippen molar-refractivity contribution in [1.29, 1.82) is 0 Å². The Bertz CT molecular complexity index is 785. The third-order valence-electron chi connectivity index (χ3n) is 5.51. The number of aryl methyl sites for hydroxylation is 2. The molecule has 146 valence electrons. The Labute approximate surface area is 178 Å². The van der Waals surface area contributed by atoms with E-state index in [9.17, 15) is 0 Å². The molecule has 0 fully saturated rings. The number of aliphatic imine (C=N–C) groups is 1. The van der Waals surface area contributed by atoms with Crippen molar-refractivity contribution in [1.82, 2.24) is 25.4 Å². The van der Waals surface area contributed by atoms with Crippen LogP contribution in [0.25, 0.3) is 0 Å². The average Bonchev–Trinajstić information content (AvgIpc) is 2.91. The SMILES string of the molecule is CN=C(NCc1nnc2n1CCCCC2)NC1CCc2ccccc2C1.I. The Morgan fingerprint density at radius 3 is 2.85 bits per heavy atom. The van der Waals surface area contributed by atoms with E-state index in [1.807, 2.05) is 7.05 Å². The summed E-state index contributed by atoms with van der Waals surface area (Å²) in [5.41, 5.74) is 2.94. The van der Waals surface area contributed by atoms with Crippen LogP contribution in [0.3, 0.4) is 0 Å². The van der Waals surface area contributed by atoms with Gasteiger partial charge in [-0.05, 0) is 43.2 Å². The summed E-state index contributed by atoms with van der Waals surface area (Å²) in [6.07, 6.45) is 8.08. The minimum atomic E-state index is 0. The lowest BCUT2D eigenvalue weighted by molar-refractivity contribution is 0.518. The number of guanidine groups is 1. The van der Waals surface area contributed by atoms with E-state index in [-0.39, 0.29) is 24.0 Å². The van der Waals surface area contributed by atoms with Crippen LogP contribution in [0.5, 0.6) is 0 Å². The second kappa shape index (κ2) is 9.52. The van der Waals surface area contributed by atoms with E-state index in [1.54, 1.807) is 0 Å². The fourth-order valence-corrected chi connectivity index (χ4v) is 4.05. The predicted molar refractivity (Wildman–Crippen MR) is 119 cm³/mol. The molecule has 1 aromatic carbocycles. The maximum absolute atomic E-state index is 4.41. The molecule has 6 nitrogen and oxygen atoms in total. The number of halogens is 1. The summed E-state index contributed by atoms with van der Waals surface area (Å²) in [6.45, 7) is 1.70. The zero-order valence-electron chi connectivity index (χ0n) is 15.9. The minimum Gasteiger partial charge on any atom is -0.353 e. The van der Waals surface area contributed by atoms with E-state index in [0.717, 1.165) is 49.8 Å². The van der Waals surface area contributed by atoms with Crippen LogP contribution in [0.4, 0.5) is 0 Å². The molecule has 2 aromatic rings. The van der Waals surface area contributed by atoms with E-state index in [4.69, 9.17) is 0 Å². The zero-order chi connectivity index (χ0) is 17.8. The molecule has 2 N–H and O–H groups in total. The van der Waals surface area contributed by atoms with Gasteiger partial charge in [0.1, 0.15) is 5.82 Å². The molecule has 2 heterocycles. The second-order valence-corrected chi connectivity index (χ2v) is 7.27. The number of fused-ring (bicyclic) bond motifs is 2. The lowest BCUT2D eigenvalue weighted by Crippen LogP contribution is -2.45. The lowest BCUT2D eigenvalue weighted by Gasteiger charge is -2.27. The Hall–Kier alpha value is -1.64. The summed E-state index contributed by atoms with van der Waals surface area (Å²) in [5, 5.41) is 15.8. The number of rotatable bonds is 3. The first-order valence-electron chi connectivity index (χ1n) is 9.78. The van der Waals surface area contributed by atoms with Crippen LogP contribution < -0.4 is 10.6 Å². The molecule has 0 amide bonds. The van der Waals surface area contributed by atoms with E-state index in [2.05, 4.69) is 54.7 Å². The van der Waals surface area contributed by atoms with Crippen LogP contribution in [0.2, 0.25) is 0 Å². The van der Waals surface area contributed by atoms with Gasteiger partial charge in [0, 0.05) is 26.1 Å². The molecule has 0 spiro atoms. The molecule has 1 unspecified atom stereocenters. The van der Waals surface area contributed by atoms with Crippen molar-refractivity contribution in [3.8, 4) is 0 Å². The molecule has 7 heteroatoms. The van der Waals surface area contributed by atoms with Gasteiger partial charge in [0.25, 0.3) is 0 Å². The van der Waals surface area contributed by atoms with Gasteiger partial charge in [-0.25, -0.2) is 0 Å². The summed E-state index contributed by atoms with van der Waals surface area (Å²) in [5.74, 6) is 2.99. The lowest BCUT2D eigenvalue weighted by atomic mass is 9.88. The van der Waals surface area contributed by atoms with Gasteiger partial charge in [-0.3, -0.25) is 4.99 Å². The van der Waals surface area contributed by atoms with Crippen molar-refractivity contribution in [2.24, 2.45) is 4.99 Å². The second-order valence-electron chi connectivity index (χ2n) is 7.27. The van der Waals surface area contributed by atoms with Gasteiger partial charge in [0.15, 0.2) is 11.8 Å². The molecule has 4 rings (SSSR count). The number of nitrogens with zero attached hydrogens (tertiary/aromatic N) is 4. The van der Waals surface area contributed by atoms with Crippen LogP contribution in [0.15, 0.2) is 29.3 Å². The first kappa shape index (κ1) is 20.1. The van der Waals surface area contributed by atoms with E-state index >= 15 is 0 Å². The fourth-order valence-electron chi connectivity index (χ4n) is 4.05. The number of hydrogen-bond acceptors (Lipinski definition) is 3. The molecule has 1 atom stereocenters. The van der Waals surface area contributed by atoms with Gasteiger partial charge in [-0.1, -0.05) is 30.7 Å². The Morgan fingerprint density at radius 1 is 1.15 bits per heavy atom. The number of nitrogens with one attached hydrogen (secondary N) is 2. The van der Waals surface area contributed by atoms with Crippen molar-refractivity contribution < 1.29 is 0 Å². The molecule has 1 aliphatic carbocycles. The normalized spacial score (nSPS) is 19.3. The van der Waals surface area contributed by atoms with Gasteiger partial charge in [-0.2, -0.15) is 0 Å². The molecular weight excluding hydrogens is 451 g/mol. The Balaban J connectivity index is 0.00000210. The van der Waals surface area contributed by atoms with Crippen molar-refractivity contribution in [3.63, 3.8) is 0 Å². The molecule has 0 radical (unpaired) electrons. The third-order valence-corrected chi connectivity index (χ3v) is 5.51. The summed E-state index contributed by atoms with van der Waals surface area (Å²) in [4.78, 5) is 4.41. The first-order valence-corrected chi connectivity index (χ1v) is 9.78. The highest BCUT2D eigenvalue weighted by molar-refractivity contribution is 14.0. The molecule has 1 aliphatic heterocycles. The first-order chi connectivity index (χ1) is 12.8. The Kier molecular flexibility index (Phi) is 7.09. The van der Waals surface area contributed by atoms with Crippen LogP contribution in [-0.4, -0.2) is 33.8 Å². The van der Waals surface area contributed by atoms with Crippen molar-refractivity contribution >= 4 is 29.9 Å². The van der Waals surface area contributed by atoms with Crippen molar-refractivity contribution in [3.05, 3.63) is 47.0 Å². The molecule has 1 aromatic heterocycles. The Morgan fingerprint density at radius 2 is 2.00 bits per heavy atom. The molecule has 2 aliphatic rings. The molecule has 27 heavy (non-hydrogen) atoms. The topological polar surface area (TPSA) is 67.1 Å². The van der Waals surface area contributed by atoms with Gasteiger partial charge < -0.3 is 15.2 Å². The predicted octanol–water partition coefficient (Wildman–Crippen LogP) is 2.85. The van der Waals surface area contributed by atoms with Crippen LogP contribution in [-0.2, 0) is 32.4 Å². The number of aromatic nitrogens is 3. The summed E-state index contributed by atoms with van der Waals surface area (Å²) in [6, 6.07) is 9.17. The molecule has 0 saturated carbocycles. The van der Waals surface area contributed by atoms with E-state index in [1.165, 1.54) is 30.4 Å². The summed E-state index contributed by atoms with van der Waals surface area (Å²) >= 11 is 0. The van der Waals surface area contributed by atoms with Crippen molar-refractivity contribution in [2.75, 3.05) is 7.05 Å². The number of benzene rings is 1. The molecule has 0 bridgehead atoms. The van der Waals surface area contributed by atoms with Gasteiger partial charge >= 0.3 is 0 Å². The van der Waals surface area contributed by atoms with Gasteiger partial charge in [0.2, 0.25) is 0 Å². The highest BCUT2D eigenvalue weighted by Gasteiger charge is 2.20. The maximum atomic E-state index is 4.41. The van der Waals surface area contributed by atoms with E-state index in [0.29, 0.717) is 12.6 Å². The van der Waals surface area contributed by atoms with Crippen molar-refractivity contribution in [2.45, 2.75) is 64.1 Å². The zero-order valence-corrected chi connectivity index (χ0v) is 18.3. The highest BCUT2D eigenvalue weighted by atomic mass is 127. The van der Waals surface area contributed by atoms with Gasteiger partial charge in [0.05, 0.1) is 6.54 Å². The average molecular weight is 480 g/mol. The largest absolute Gasteiger partial charge is 0.353 e. The molecular formula is C20H29IN6. The third kappa shape index (κ3) is 4.80. The standard InChI is InChI=1S/C20H28N6.HI/c1-21-20(23-17-11-10-15-7-4-5-8-16(15)13-17)22-14-19-25-24-18-9-3-2-6-12-26(18)19;/h4-5,7-8,17H,2-3,6,9-14H2,1H3,(H2,21,22,23);1H. The monoisotopic (exact) mass is 480 g/mol. The van der Waals surface area contributed by atoms with Crippen LogP contribution >= 0.6 is 24.0 Å². The highest BCUT2D eigenvalue weighted by Crippen LogP contribution is 2.21. The van der Waals surface area contributed by atoms with Crippen LogP contribution in [0, 0.1) is 0 Å². The quantitative estimate of drug-likeness (QED) is 0.403. The minimum absolute atomic E-state index is 0. The fraction of sp³-hybridized carbons (Fsp3) is 0.550. The number of hydrogen-bond donors (Lipinski definition) is 2. The van der Waals surface area contributed by atoms with Gasteiger partial charge in [-0.15, -0.1) is 34.2 Å². The maximum Gasteiger partial charge on any atom is 0.191 e. The van der Waals surface area contributed by atoms with Crippen LogP contribution in [0.1, 0.15) is 48.5 Å². The van der Waals surface area contributed by atoms with E-state index < -0.39 is 0 Å². The summed E-state index contributed by atoms with van der Waals surface area (Å²) < 4.78 is 2.28.